The molecule has 0 aliphatic heterocycles. The molecule has 6 nitrogen and oxygen atoms in total. The first-order valence-electron chi connectivity index (χ1n) is 13.3. The number of fused-ring (bicyclic) bond motifs is 2. The predicted molar refractivity (Wildman–Crippen MR) is 158 cm³/mol. The number of benzene rings is 4. The fourth-order valence-corrected chi connectivity index (χ4v) is 6.77. The number of hydrogen-bond acceptors (Lipinski definition) is 4. The van der Waals surface area contributed by atoms with Gasteiger partial charge in [-0.2, -0.15) is 4.31 Å². The third-order valence-corrected chi connectivity index (χ3v) is 9.02. The van der Waals surface area contributed by atoms with E-state index in [1.807, 2.05) is 87.5 Å². The van der Waals surface area contributed by atoms with E-state index in [0.29, 0.717) is 22.4 Å². The fraction of sp³-hybridized carbons (Fsp3) is 0.250. The van der Waals surface area contributed by atoms with Crippen LogP contribution in [0.4, 0.5) is 0 Å². The first-order chi connectivity index (χ1) is 18.7. The zero-order valence-corrected chi connectivity index (χ0v) is 23.5. The molecule has 0 fully saturated rings. The van der Waals surface area contributed by atoms with Crippen molar-refractivity contribution in [3.63, 3.8) is 0 Å². The molecule has 1 unspecified atom stereocenters. The number of aryl methyl sites for hydroxylation is 1. The molecule has 0 saturated carbocycles. The van der Waals surface area contributed by atoms with Crippen LogP contribution in [0, 0.1) is 5.92 Å². The van der Waals surface area contributed by atoms with Gasteiger partial charge in [0.25, 0.3) is 5.56 Å². The number of aromatic nitrogens is 2. The molecule has 39 heavy (non-hydrogen) atoms. The molecule has 1 heterocycles. The highest BCUT2D eigenvalue weighted by Crippen LogP contribution is 2.31. The number of nitrogens with zero attached hydrogens (tertiary/aromatic N) is 3. The van der Waals surface area contributed by atoms with Crippen molar-refractivity contribution in [3.05, 3.63) is 113 Å². The summed E-state index contributed by atoms with van der Waals surface area (Å²) in [6.07, 6.45) is 0.876. The summed E-state index contributed by atoms with van der Waals surface area (Å²) in [5.41, 5.74) is 2.12. The minimum atomic E-state index is -3.93. The van der Waals surface area contributed by atoms with E-state index in [4.69, 9.17) is 4.98 Å². The maximum absolute atomic E-state index is 14.2. The van der Waals surface area contributed by atoms with Gasteiger partial charge >= 0.3 is 0 Å². The van der Waals surface area contributed by atoms with Crippen LogP contribution in [0.2, 0.25) is 0 Å². The standard InChI is InChI=1S/C32H33N3O3S/c1-5-24-14-17-27(18-15-24)35-31(33-30-13-9-8-12-29(30)32(35)36)23(4)34(21-22(2)3)39(37,38)28-19-16-25-10-6-7-11-26(25)20-28/h6-20,22-23H,5,21H2,1-4H3. The molecule has 5 aromatic rings. The summed E-state index contributed by atoms with van der Waals surface area (Å²) in [5, 5.41) is 2.31. The monoisotopic (exact) mass is 539 g/mol. The van der Waals surface area contributed by atoms with Gasteiger partial charge < -0.3 is 0 Å². The highest BCUT2D eigenvalue weighted by atomic mass is 32.2. The van der Waals surface area contributed by atoms with E-state index < -0.39 is 16.1 Å². The van der Waals surface area contributed by atoms with Crippen LogP contribution in [0.3, 0.4) is 0 Å². The van der Waals surface area contributed by atoms with Gasteiger partial charge in [0, 0.05) is 6.54 Å². The van der Waals surface area contributed by atoms with E-state index >= 15 is 0 Å². The van der Waals surface area contributed by atoms with Gasteiger partial charge in [0.05, 0.1) is 27.5 Å². The first-order valence-corrected chi connectivity index (χ1v) is 14.8. The zero-order valence-electron chi connectivity index (χ0n) is 22.7. The van der Waals surface area contributed by atoms with Crippen LogP contribution in [0.1, 0.15) is 45.1 Å². The van der Waals surface area contributed by atoms with Gasteiger partial charge in [-0.15, -0.1) is 0 Å². The molecule has 0 N–H and O–H groups in total. The van der Waals surface area contributed by atoms with Crippen molar-refractivity contribution in [3.8, 4) is 5.69 Å². The van der Waals surface area contributed by atoms with Crippen LogP contribution in [0.15, 0.2) is 101 Å². The molecule has 0 spiro atoms. The van der Waals surface area contributed by atoms with E-state index in [1.165, 1.54) is 4.31 Å². The van der Waals surface area contributed by atoms with E-state index in [9.17, 15) is 13.2 Å². The van der Waals surface area contributed by atoms with Gasteiger partial charge in [-0.25, -0.2) is 13.4 Å². The second-order valence-electron chi connectivity index (χ2n) is 10.3. The van der Waals surface area contributed by atoms with Crippen LogP contribution in [-0.2, 0) is 16.4 Å². The smallest absolute Gasteiger partial charge is 0.266 e. The quantitative estimate of drug-likeness (QED) is 0.225. The van der Waals surface area contributed by atoms with Crippen molar-refractivity contribution < 1.29 is 8.42 Å². The van der Waals surface area contributed by atoms with Gasteiger partial charge in [0.15, 0.2) is 0 Å². The summed E-state index contributed by atoms with van der Waals surface area (Å²) in [7, 11) is -3.93. The zero-order chi connectivity index (χ0) is 27.7. The number of rotatable bonds is 8. The lowest BCUT2D eigenvalue weighted by Gasteiger charge is -2.31. The minimum Gasteiger partial charge on any atom is -0.268 e. The maximum Gasteiger partial charge on any atom is 0.266 e. The van der Waals surface area contributed by atoms with Crippen molar-refractivity contribution in [2.45, 2.75) is 45.1 Å². The molecular formula is C32H33N3O3S. The van der Waals surface area contributed by atoms with Crippen LogP contribution in [0.5, 0.6) is 0 Å². The van der Waals surface area contributed by atoms with Gasteiger partial charge in [0.2, 0.25) is 10.0 Å². The third-order valence-electron chi connectivity index (χ3n) is 7.08. The van der Waals surface area contributed by atoms with E-state index in [0.717, 1.165) is 22.8 Å². The Morgan fingerprint density at radius 1 is 0.846 bits per heavy atom. The summed E-state index contributed by atoms with van der Waals surface area (Å²) in [4.78, 5) is 19.0. The molecule has 0 bridgehead atoms. The van der Waals surface area contributed by atoms with Crippen molar-refractivity contribution >= 4 is 31.7 Å². The molecule has 1 aromatic heterocycles. The molecular weight excluding hydrogens is 506 g/mol. The Balaban J connectivity index is 1.71. The van der Waals surface area contributed by atoms with Crippen LogP contribution in [-0.4, -0.2) is 28.8 Å². The average molecular weight is 540 g/mol. The van der Waals surface area contributed by atoms with E-state index in [2.05, 4.69) is 6.92 Å². The lowest BCUT2D eigenvalue weighted by Crippen LogP contribution is -2.39. The Labute approximate surface area is 229 Å². The van der Waals surface area contributed by atoms with Gasteiger partial charge in [0.1, 0.15) is 5.82 Å². The normalized spacial score (nSPS) is 13.0. The van der Waals surface area contributed by atoms with Crippen LogP contribution >= 0.6 is 0 Å². The molecule has 0 radical (unpaired) electrons. The average Bonchev–Trinajstić information content (AvgIpc) is 2.95. The Hall–Kier alpha value is -3.81. The SMILES string of the molecule is CCc1ccc(-n2c(C(C)N(CC(C)C)S(=O)(=O)c3ccc4ccccc4c3)nc3ccccc3c2=O)cc1. The number of hydrogen-bond donors (Lipinski definition) is 0. The maximum atomic E-state index is 14.2. The number of sulfonamides is 1. The van der Waals surface area contributed by atoms with Gasteiger partial charge in [-0.1, -0.05) is 75.4 Å². The molecule has 7 heteroatoms. The van der Waals surface area contributed by atoms with Crippen molar-refractivity contribution in [2.75, 3.05) is 6.54 Å². The summed E-state index contributed by atoms with van der Waals surface area (Å²) in [6, 6.07) is 27.2. The summed E-state index contributed by atoms with van der Waals surface area (Å²) >= 11 is 0. The summed E-state index contributed by atoms with van der Waals surface area (Å²) in [6.45, 7) is 8.13. The Morgan fingerprint density at radius 2 is 1.51 bits per heavy atom. The van der Waals surface area contributed by atoms with Crippen LogP contribution < -0.4 is 5.56 Å². The highest BCUT2D eigenvalue weighted by molar-refractivity contribution is 7.89. The second kappa shape index (κ2) is 10.8. The second-order valence-corrected chi connectivity index (χ2v) is 12.2. The summed E-state index contributed by atoms with van der Waals surface area (Å²) < 4.78 is 31.5. The topological polar surface area (TPSA) is 72.3 Å². The predicted octanol–water partition coefficient (Wildman–Crippen LogP) is 6.51. The van der Waals surface area contributed by atoms with Crippen molar-refractivity contribution in [1.29, 1.82) is 0 Å². The highest BCUT2D eigenvalue weighted by Gasteiger charge is 2.33. The Bertz CT molecular complexity index is 1810. The molecule has 0 aliphatic carbocycles. The van der Waals surface area contributed by atoms with Gasteiger partial charge in [-0.3, -0.25) is 9.36 Å². The minimum absolute atomic E-state index is 0.0483. The molecule has 4 aromatic carbocycles. The lowest BCUT2D eigenvalue weighted by atomic mass is 10.1. The molecule has 0 aliphatic rings. The summed E-state index contributed by atoms with van der Waals surface area (Å²) in [5.74, 6) is 0.431. The molecule has 200 valence electrons. The van der Waals surface area contributed by atoms with E-state index in [-0.39, 0.29) is 22.9 Å². The van der Waals surface area contributed by atoms with Crippen LogP contribution in [0.25, 0.3) is 27.4 Å². The van der Waals surface area contributed by atoms with E-state index in [1.54, 1.807) is 28.8 Å². The largest absolute Gasteiger partial charge is 0.268 e. The Kier molecular flexibility index (Phi) is 7.38. The van der Waals surface area contributed by atoms with Crippen molar-refractivity contribution in [2.24, 2.45) is 5.92 Å². The Morgan fingerprint density at radius 3 is 2.21 bits per heavy atom. The van der Waals surface area contributed by atoms with Crippen molar-refractivity contribution in [1.82, 2.24) is 13.9 Å². The molecule has 0 amide bonds. The molecule has 1 atom stereocenters. The fourth-order valence-electron chi connectivity index (χ4n) is 4.98. The first kappa shape index (κ1) is 26.8. The lowest BCUT2D eigenvalue weighted by molar-refractivity contribution is 0.296. The molecule has 5 rings (SSSR count). The third kappa shape index (κ3) is 5.12. The number of para-hydroxylation sites is 1. The van der Waals surface area contributed by atoms with Gasteiger partial charge in [-0.05, 0) is 72.0 Å². The molecule has 0 saturated heterocycles.